The van der Waals surface area contributed by atoms with Gasteiger partial charge in [0.1, 0.15) is 5.02 Å². The average Bonchev–Trinajstić information content (AvgIpc) is 2.02. The summed E-state index contributed by atoms with van der Waals surface area (Å²) in [4.78, 5) is 9.96. The number of nitro groups is 1. The third-order valence-electron chi connectivity index (χ3n) is 1.41. The highest BCUT2D eigenvalue weighted by atomic mass is 79.9. The Bertz CT molecular complexity index is 333. The van der Waals surface area contributed by atoms with Crippen LogP contribution in [-0.4, -0.2) is 4.92 Å². The molecule has 0 radical (unpaired) electrons. The zero-order valence-corrected chi connectivity index (χ0v) is 9.36. The minimum Gasteiger partial charge on any atom is -0.258 e. The third-order valence-corrected chi connectivity index (χ3v) is 2.61. The number of hydrogen-bond donors (Lipinski definition) is 0. The second-order valence-electron chi connectivity index (χ2n) is 2.30. The molecule has 0 aromatic heterocycles. The molecule has 0 aliphatic carbocycles. The fourth-order valence-electron chi connectivity index (χ4n) is 0.870. The van der Waals surface area contributed by atoms with Gasteiger partial charge in [-0.1, -0.05) is 11.6 Å². The predicted molar refractivity (Wildman–Crippen MR) is 55.4 cm³/mol. The van der Waals surface area contributed by atoms with Gasteiger partial charge < -0.3 is 0 Å². The summed E-state index contributed by atoms with van der Waals surface area (Å²) in [6.07, 6.45) is 0. The van der Waals surface area contributed by atoms with Gasteiger partial charge in [0.2, 0.25) is 0 Å². The smallest absolute Gasteiger partial charge is 0.258 e. The van der Waals surface area contributed by atoms with Crippen molar-refractivity contribution in [2.24, 2.45) is 0 Å². The first-order valence-corrected chi connectivity index (χ1v) is 4.95. The molecule has 0 fully saturated rings. The van der Waals surface area contributed by atoms with Crippen molar-refractivity contribution < 1.29 is 4.92 Å². The van der Waals surface area contributed by atoms with Crippen molar-refractivity contribution in [1.82, 2.24) is 0 Å². The molecule has 0 aliphatic heterocycles. The van der Waals surface area contributed by atoms with Crippen LogP contribution >= 0.6 is 39.1 Å². The normalized spacial score (nSPS) is 10.1. The fourth-order valence-corrected chi connectivity index (χ4v) is 2.10. The van der Waals surface area contributed by atoms with Crippen LogP contribution in [0.1, 0.15) is 5.56 Å². The maximum atomic E-state index is 10.5. The lowest BCUT2D eigenvalue weighted by Crippen LogP contribution is -1.92. The quantitative estimate of drug-likeness (QED) is 0.472. The summed E-state index contributed by atoms with van der Waals surface area (Å²) in [6, 6.07) is 3.06. The van der Waals surface area contributed by atoms with E-state index in [1.807, 2.05) is 0 Å². The van der Waals surface area contributed by atoms with Crippen molar-refractivity contribution in [1.29, 1.82) is 0 Å². The number of halogens is 3. The molecule has 0 bridgehead atoms. The van der Waals surface area contributed by atoms with E-state index in [4.69, 9.17) is 23.2 Å². The molecule has 0 aliphatic rings. The second kappa shape index (κ2) is 4.26. The molecule has 1 rings (SSSR count). The largest absolute Gasteiger partial charge is 0.301 e. The van der Waals surface area contributed by atoms with Crippen molar-refractivity contribution in [3.63, 3.8) is 0 Å². The van der Waals surface area contributed by atoms with Crippen molar-refractivity contribution in [3.05, 3.63) is 37.3 Å². The molecule has 0 spiro atoms. The van der Waals surface area contributed by atoms with Crippen LogP contribution in [0.3, 0.4) is 0 Å². The van der Waals surface area contributed by atoms with E-state index >= 15 is 0 Å². The highest BCUT2D eigenvalue weighted by Gasteiger charge is 2.17. The molecule has 0 unspecified atom stereocenters. The van der Waals surface area contributed by atoms with Gasteiger partial charge in [0.15, 0.2) is 0 Å². The maximum Gasteiger partial charge on any atom is 0.301 e. The standard InChI is InChI=1S/C7H4BrCl2NO2/c8-5-1-4(3-9)2-6(10)7(5)11(12)13/h1-2H,3H2. The summed E-state index contributed by atoms with van der Waals surface area (Å²) >= 11 is 14.3. The van der Waals surface area contributed by atoms with E-state index in [9.17, 15) is 10.1 Å². The molecular weight excluding hydrogens is 281 g/mol. The summed E-state index contributed by atoms with van der Waals surface area (Å²) in [5.74, 6) is 0.274. The first-order valence-electron chi connectivity index (χ1n) is 3.24. The molecule has 6 heteroatoms. The van der Waals surface area contributed by atoms with E-state index in [2.05, 4.69) is 15.9 Å². The lowest BCUT2D eigenvalue weighted by atomic mass is 10.2. The number of nitrogens with zero attached hydrogens (tertiary/aromatic N) is 1. The molecule has 0 saturated heterocycles. The average molecular weight is 285 g/mol. The van der Waals surface area contributed by atoms with Gasteiger partial charge in [-0.25, -0.2) is 0 Å². The molecule has 0 atom stereocenters. The molecule has 0 N–H and O–H groups in total. The molecular formula is C7H4BrCl2NO2. The van der Waals surface area contributed by atoms with Gasteiger partial charge in [0.25, 0.3) is 0 Å². The second-order valence-corrected chi connectivity index (χ2v) is 3.83. The molecule has 3 nitrogen and oxygen atoms in total. The summed E-state index contributed by atoms with van der Waals surface area (Å²) in [7, 11) is 0. The van der Waals surface area contributed by atoms with Crippen LogP contribution in [0.15, 0.2) is 16.6 Å². The predicted octanol–water partition coefficient (Wildman–Crippen LogP) is 3.75. The van der Waals surface area contributed by atoms with E-state index in [0.29, 0.717) is 4.47 Å². The first-order chi connectivity index (χ1) is 6.06. The summed E-state index contributed by atoms with van der Waals surface area (Å²) < 4.78 is 0.348. The first kappa shape index (κ1) is 10.8. The van der Waals surface area contributed by atoms with Gasteiger partial charge in [-0.3, -0.25) is 10.1 Å². The van der Waals surface area contributed by atoms with Crippen LogP contribution in [0.4, 0.5) is 5.69 Å². The van der Waals surface area contributed by atoms with E-state index < -0.39 is 4.92 Å². The summed E-state index contributed by atoms with van der Waals surface area (Å²) in [5, 5.41) is 10.6. The van der Waals surface area contributed by atoms with E-state index in [0.717, 1.165) is 5.56 Å². The van der Waals surface area contributed by atoms with Gasteiger partial charge in [-0.15, -0.1) is 11.6 Å². The molecule has 0 amide bonds. The Morgan fingerprint density at radius 2 is 2.15 bits per heavy atom. The topological polar surface area (TPSA) is 43.1 Å². The summed E-state index contributed by atoms with van der Waals surface area (Å²) in [6.45, 7) is 0. The minimum absolute atomic E-state index is 0.0926. The van der Waals surface area contributed by atoms with Crippen molar-refractivity contribution >= 4 is 44.8 Å². The van der Waals surface area contributed by atoms with E-state index in [1.54, 1.807) is 6.07 Å². The molecule has 70 valence electrons. The van der Waals surface area contributed by atoms with Crippen LogP contribution in [0.25, 0.3) is 0 Å². The molecule has 1 aromatic carbocycles. The molecule has 1 aromatic rings. The molecule has 13 heavy (non-hydrogen) atoms. The Morgan fingerprint density at radius 1 is 1.54 bits per heavy atom. The minimum atomic E-state index is -0.537. The number of benzene rings is 1. The number of alkyl halides is 1. The molecule has 0 saturated carbocycles. The van der Waals surface area contributed by atoms with E-state index in [-0.39, 0.29) is 16.6 Å². The van der Waals surface area contributed by atoms with Crippen LogP contribution in [0.5, 0.6) is 0 Å². The van der Waals surface area contributed by atoms with Crippen LogP contribution in [-0.2, 0) is 5.88 Å². The van der Waals surface area contributed by atoms with Crippen LogP contribution in [0.2, 0.25) is 5.02 Å². The molecule has 0 heterocycles. The van der Waals surface area contributed by atoms with Gasteiger partial charge in [0.05, 0.1) is 9.40 Å². The highest BCUT2D eigenvalue weighted by Crippen LogP contribution is 2.34. The van der Waals surface area contributed by atoms with Crippen molar-refractivity contribution in [3.8, 4) is 0 Å². The third kappa shape index (κ3) is 2.33. The van der Waals surface area contributed by atoms with Crippen LogP contribution in [0, 0.1) is 10.1 Å². The Balaban J connectivity index is 3.31. The number of nitro benzene ring substituents is 1. The Kier molecular flexibility index (Phi) is 3.53. The highest BCUT2D eigenvalue weighted by molar-refractivity contribution is 9.10. The maximum absolute atomic E-state index is 10.5. The number of hydrogen-bond acceptors (Lipinski definition) is 2. The van der Waals surface area contributed by atoms with Crippen molar-refractivity contribution in [2.75, 3.05) is 0 Å². The Morgan fingerprint density at radius 3 is 2.54 bits per heavy atom. The monoisotopic (exact) mass is 283 g/mol. The zero-order chi connectivity index (χ0) is 10.0. The summed E-state index contributed by atoms with van der Waals surface area (Å²) in [5.41, 5.74) is 0.611. The van der Waals surface area contributed by atoms with Gasteiger partial charge >= 0.3 is 5.69 Å². The van der Waals surface area contributed by atoms with Gasteiger partial charge in [-0.05, 0) is 33.6 Å². The van der Waals surface area contributed by atoms with Gasteiger partial charge in [-0.2, -0.15) is 0 Å². The lowest BCUT2D eigenvalue weighted by Gasteiger charge is -2.00. The van der Waals surface area contributed by atoms with Crippen molar-refractivity contribution in [2.45, 2.75) is 5.88 Å². The fraction of sp³-hybridized carbons (Fsp3) is 0.143. The Hall–Kier alpha value is -0.320. The van der Waals surface area contributed by atoms with E-state index in [1.165, 1.54) is 6.07 Å². The Labute approximate surface area is 92.9 Å². The lowest BCUT2D eigenvalue weighted by molar-refractivity contribution is -0.385. The van der Waals surface area contributed by atoms with Crippen LogP contribution < -0.4 is 0 Å². The van der Waals surface area contributed by atoms with Gasteiger partial charge in [0, 0.05) is 5.88 Å². The number of rotatable bonds is 2. The zero-order valence-electron chi connectivity index (χ0n) is 6.26. The SMILES string of the molecule is O=[N+]([O-])c1c(Cl)cc(CCl)cc1Br.